The molecule has 0 saturated heterocycles. The van der Waals surface area contributed by atoms with Gasteiger partial charge < -0.3 is 5.11 Å². The molecule has 0 aliphatic carbocycles. The summed E-state index contributed by atoms with van der Waals surface area (Å²) in [4.78, 5) is 21.9. The van der Waals surface area contributed by atoms with Gasteiger partial charge in [0, 0.05) is 18.1 Å². The Morgan fingerprint density at radius 2 is 2.12 bits per heavy atom. The molecule has 0 aromatic heterocycles. The van der Waals surface area contributed by atoms with Gasteiger partial charge >= 0.3 is 5.97 Å². The number of ketones is 1. The molecular weight excluding hydrogens is 204 g/mol. The molecule has 1 rings (SSSR count). The summed E-state index contributed by atoms with van der Waals surface area (Å²) in [5.74, 6) is -0.904. The van der Waals surface area contributed by atoms with E-state index in [0.29, 0.717) is 12.0 Å². The lowest BCUT2D eigenvalue weighted by Gasteiger charge is -2.00. The molecular formula is C13H14O3. The summed E-state index contributed by atoms with van der Waals surface area (Å²) < 4.78 is 0. The van der Waals surface area contributed by atoms with Gasteiger partial charge in [-0.2, -0.15) is 0 Å². The third kappa shape index (κ3) is 3.69. The molecule has 0 bridgehead atoms. The number of carboxylic acid groups (broad SMARTS) is 1. The number of carbonyl (C=O) groups excluding carboxylic acids is 1. The van der Waals surface area contributed by atoms with E-state index in [-0.39, 0.29) is 5.78 Å². The lowest BCUT2D eigenvalue weighted by Crippen LogP contribution is -1.98. The molecule has 0 atom stereocenters. The van der Waals surface area contributed by atoms with E-state index in [4.69, 9.17) is 5.11 Å². The normalized spacial score (nSPS) is 10.6. The van der Waals surface area contributed by atoms with Crippen LogP contribution in [0.4, 0.5) is 0 Å². The van der Waals surface area contributed by atoms with Crippen molar-refractivity contribution in [3.8, 4) is 0 Å². The molecule has 0 radical (unpaired) electrons. The average molecular weight is 218 g/mol. The van der Waals surface area contributed by atoms with Crippen molar-refractivity contribution in [1.29, 1.82) is 0 Å². The standard InChI is InChI=1S/C13H14O3/c1-2-4-12(14)11-6-3-5-10(9-11)7-8-13(15)16/h3,5-9H,2,4H2,1H3,(H,15,16). The summed E-state index contributed by atoms with van der Waals surface area (Å²) in [7, 11) is 0. The molecule has 1 aromatic rings. The summed E-state index contributed by atoms with van der Waals surface area (Å²) in [5.41, 5.74) is 1.36. The Morgan fingerprint density at radius 1 is 1.38 bits per heavy atom. The zero-order valence-corrected chi connectivity index (χ0v) is 9.14. The Kier molecular flexibility index (Phi) is 4.45. The van der Waals surface area contributed by atoms with Crippen LogP contribution in [-0.4, -0.2) is 16.9 Å². The third-order valence-corrected chi connectivity index (χ3v) is 2.10. The largest absolute Gasteiger partial charge is 0.478 e. The van der Waals surface area contributed by atoms with Gasteiger partial charge in [-0.1, -0.05) is 25.1 Å². The SMILES string of the molecule is CCCC(=O)c1cccc(C=CC(=O)O)c1. The van der Waals surface area contributed by atoms with Crippen LogP contribution in [0.1, 0.15) is 35.7 Å². The fourth-order valence-corrected chi connectivity index (χ4v) is 1.35. The second-order valence-corrected chi connectivity index (χ2v) is 3.47. The smallest absolute Gasteiger partial charge is 0.328 e. The molecule has 0 aliphatic heterocycles. The number of benzene rings is 1. The highest BCUT2D eigenvalue weighted by atomic mass is 16.4. The lowest BCUT2D eigenvalue weighted by molar-refractivity contribution is -0.131. The molecule has 0 spiro atoms. The Labute approximate surface area is 94.4 Å². The van der Waals surface area contributed by atoms with E-state index >= 15 is 0 Å². The van der Waals surface area contributed by atoms with E-state index in [1.165, 1.54) is 6.08 Å². The van der Waals surface area contributed by atoms with Crippen molar-refractivity contribution in [3.05, 3.63) is 41.5 Å². The Bertz CT molecular complexity index is 419. The van der Waals surface area contributed by atoms with Crippen LogP contribution in [-0.2, 0) is 4.79 Å². The van der Waals surface area contributed by atoms with Crippen molar-refractivity contribution >= 4 is 17.8 Å². The number of rotatable bonds is 5. The van der Waals surface area contributed by atoms with Gasteiger partial charge in [-0.3, -0.25) is 4.79 Å². The molecule has 0 amide bonds. The van der Waals surface area contributed by atoms with E-state index in [2.05, 4.69) is 0 Å². The van der Waals surface area contributed by atoms with Crippen LogP contribution in [0.15, 0.2) is 30.3 Å². The first-order valence-corrected chi connectivity index (χ1v) is 5.17. The maximum absolute atomic E-state index is 11.6. The number of aliphatic carboxylic acids is 1. The van der Waals surface area contributed by atoms with Crippen molar-refractivity contribution < 1.29 is 14.7 Å². The second kappa shape index (κ2) is 5.85. The van der Waals surface area contributed by atoms with Gasteiger partial charge in [0.2, 0.25) is 0 Å². The zero-order valence-electron chi connectivity index (χ0n) is 9.14. The highest BCUT2D eigenvalue weighted by molar-refractivity contribution is 5.96. The predicted octanol–water partition coefficient (Wildman–Crippen LogP) is 2.77. The summed E-state index contributed by atoms with van der Waals surface area (Å²) in [6.07, 6.45) is 3.87. The lowest BCUT2D eigenvalue weighted by atomic mass is 10.0. The van der Waals surface area contributed by atoms with Crippen LogP contribution in [0.5, 0.6) is 0 Å². The molecule has 3 heteroatoms. The molecule has 1 N–H and O–H groups in total. The summed E-state index contributed by atoms with van der Waals surface area (Å²) in [6, 6.07) is 6.97. The van der Waals surface area contributed by atoms with Gasteiger partial charge in [-0.15, -0.1) is 0 Å². The van der Waals surface area contributed by atoms with Crippen molar-refractivity contribution in [2.24, 2.45) is 0 Å². The number of Topliss-reactive ketones (excluding diaryl/α,β-unsaturated/α-hetero) is 1. The average Bonchev–Trinajstić information content (AvgIpc) is 2.27. The van der Waals surface area contributed by atoms with Gasteiger partial charge in [0.15, 0.2) is 5.78 Å². The quantitative estimate of drug-likeness (QED) is 0.610. The summed E-state index contributed by atoms with van der Waals surface area (Å²) >= 11 is 0. The van der Waals surface area contributed by atoms with Crippen LogP contribution in [0.2, 0.25) is 0 Å². The summed E-state index contributed by atoms with van der Waals surface area (Å²) in [5, 5.41) is 8.48. The zero-order chi connectivity index (χ0) is 12.0. The topological polar surface area (TPSA) is 54.4 Å². The van der Waals surface area contributed by atoms with E-state index in [9.17, 15) is 9.59 Å². The van der Waals surface area contributed by atoms with Crippen molar-refractivity contribution in [2.75, 3.05) is 0 Å². The summed E-state index contributed by atoms with van der Waals surface area (Å²) in [6.45, 7) is 1.95. The molecule has 84 valence electrons. The van der Waals surface area contributed by atoms with Crippen molar-refractivity contribution in [2.45, 2.75) is 19.8 Å². The molecule has 3 nitrogen and oxygen atoms in total. The van der Waals surface area contributed by atoms with Gasteiger partial charge in [0.05, 0.1) is 0 Å². The number of carbonyl (C=O) groups is 2. The maximum atomic E-state index is 11.6. The molecule has 1 aromatic carbocycles. The van der Waals surface area contributed by atoms with Gasteiger partial charge in [-0.25, -0.2) is 4.79 Å². The molecule has 0 heterocycles. The fraction of sp³-hybridized carbons (Fsp3) is 0.231. The van der Waals surface area contributed by atoms with E-state index in [1.54, 1.807) is 24.3 Å². The minimum Gasteiger partial charge on any atom is -0.478 e. The van der Waals surface area contributed by atoms with Crippen LogP contribution in [0.25, 0.3) is 6.08 Å². The molecule has 0 fully saturated rings. The van der Waals surface area contributed by atoms with Crippen molar-refractivity contribution in [3.63, 3.8) is 0 Å². The highest BCUT2D eigenvalue weighted by Gasteiger charge is 2.03. The maximum Gasteiger partial charge on any atom is 0.328 e. The third-order valence-electron chi connectivity index (χ3n) is 2.10. The van der Waals surface area contributed by atoms with Gasteiger partial charge in [0.1, 0.15) is 0 Å². The first-order valence-electron chi connectivity index (χ1n) is 5.17. The van der Waals surface area contributed by atoms with Crippen LogP contribution >= 0.6 is 0 Å². The fourth-order valence-electron chi connectivity index (χ4n) is 1.35. The van der Waals surface area contributed by atoms with E-state index in [0.717, 1.165) is 18.1 Å². The van der Waals surface area contributed by atoms with Gasteiger partial charge in [-0.05, 0) is 24.1 Å². The molecule has 0 unspecified atom stereocenters. The number of carboxylic acids is 1. The van der Waals surface area contributed by atoms with Crippen LogP contribution in [0.3, 0.4) is 0 Å². The predicted molar refractivity (Wildman–Crippen MR) is 62.4 cm³/mol. The Hall–Kier alpha value is -1.90. The Morgan fingerprint density at radius 3 is 2.75 bits per heavy atom. The number of hydrogen-bond acceptors (Lipinski definition) is 2. The van der Waals surface area contributed by atoms with Crippen molar-refractivity contribution in [1.82, 2.24) is 0 Å². The molecule has 0 aliphatic rings. The second-order valence-electron chi connectivity index (χ2n) is 3.47. The minimum absolute atomic E-state index is 0.0908. The first-order chi connectivity index (χ1) is 7.63. The van der Waals surface area contributed by atoms with Gasteiger partial charge in [0.25, 0.3) is 0 Å². The first kappa shape index (κ1) is 12.2. The van der Waals surface area contributed by atoms with E-state index in [1.807, 2.05) is 6.92 Å². The minimum atomic E-state index is -0.995. The van der Waals surface area contributed by atoms with Crippen LogP contribution < -0.4 is 0 Å². The van der Waals surface area contributed by atoms with E-state index < -0.39 is 5.97 Å². The van der Waals surface area contributed by atoms with Crippen LogP contribution in [0, 0.1) is 0 Å². The Balaban J connectivity index is 2.86. The highest BCUT2D eigenvalue weighted by Crippen LogP contribution is 2.10. The molecule has 0 saturated carbocycles. The number of hydrogen-bond donors (Lipinski definition) is 1. The monoisotopic (exact) mass is 218 g/mol. The molecule has 16 heavy (non-hydrogen) atoms.